The van der Waals surface area contributed by atoms with Crippen LogP contribution in [0.2, 0.25) is 5.02 Å². The third-order valence-corrected chi connectivity index (χ3v) is 6.16. The highest BCUT2D eigenvalue weighted by Crippen LogP contribution is 2.32. The largest absolute Gasteiger partial charge is 0.396 e. The maximum Gasteiger partial charge on any atom is 0.191 e. The van der Waals surface area contributed by atoms with Crippen LogP contribution in [0.1, 0.15) is 31.4 Å². The summed E-state index contributed by atoms with van der Waals surface area (Å²) in [5, 5.41) is 17.1. The van der Waals surface area contributed by atoms with Crippen molar-refractivity contribution in [2.45, 2.75) is 25.8 Å². The highest BCUT2D eigenvalue weighted by molar-refractivity contribution is 6.30. The zero-order chi connectivity index (χ0) is 21.2. The molecule has 0 amide bonds. The second-order valence-electron chi connectivity index (χ2n) is 8.07. The number of hydrogen-bond donors (Lipinski definition) is 3. The Morgan fingerprint density at radius 3 is 2.77 bits per heavy atom. The van der Waals surface area contributed by atoms with Gasteiger partial charge in [0, 0.05) is 49.8 Å². The highest BCUT2D eigenvalue weighted by atomic mass is 35.5. The minimum atomic E-state index is -0.0618. The minimum absolute atomic E-state index is 0.0618. The predicted molar refractivity (Wildman–Crippen MR) is 120 cm³/mol. The first kappa shape index (κ1) is 23.3. The number of aliphatic imine (C=N–C) groups is 1. The molecule has 30 heavy (non-hydrogen) atoms. The van der Waals surface area contributed by atoms with Crippen LogP contribution < -0.4 is 10.6 Å². The van der Waals surface area contributed by atoms with Gasteiger partial charge in [0.05, 0.1) is 32.4 Å². The van der Waals surface area contributed by atoms with Crippen molar-refractivity contribution in [3.63, 3.8) is 0 Å². The summed E-state index contributed by atoms with van der Waals surface area (Å²) in [5.41, 5.74) is 1.13. The van der Waals surface area contributed by atoms with Gasteiger partial charge in [-0.25, -0.2) is 0 Å². The normalized spacial score (nSPS) is 24.0. The maximum absolute atomic E-state index is 9.47. The van der Waals surface area contributed by atoms with Crippen LogP contribution in [0.4, 0.5) is 0 Å². The average Bonchev–Trinajstić information content (AvgIpc) is 3.22. The second kappa shape index (κ2) is 11.9. The van der Waals surface area contributed by atoms with Crippen LogP contribution >= 0.6 is 11.6 Å². The van der Waals surface area contributed by atoms with Gasteiger partial charge in [-0.3, -0.25) is 9.89 Å². The van der Waals surface area contributed by atoms with Gasteiger partial charge in [0.1, 0.15) is 0 Å². The lowest BCUT2D eigenvalue weighted by molar-refractivity contribution is 0.0170. The van der Waals surface area contributed by atoms with E-state index in [-0.39, 0.29) is 18.1 Å². The Morgan fingerprint density at radius 1 is 1.27 bits per heavy atom. The molecule has 168 valence electrons. The number of hydrogen-bond acceptors (Lipinski definition) is 5. The van der Waals surface area contributed by atoms with Crippen LogP contribution in [-0.2, 0) is 9.47 Å². The maximum atomic E-state index is 9.47. The highest BCUT2D eigenvalue weighted by Gasteiger charge is 2.34. The van der Waals surface area contributed by atoms with Gasteiger partial charge < -0.3 is 25.2 Å². The molecule has 0 radical (unpaired) electrons. The third kappa shape index (κ3) is 6.56. The van der Waals surface area contributed by atoms with Crippen molar-refractivity contribution in [2.24, 2.45) is 10.4 Å². The van der Waals surface area contributed by atoms with E-state index in [1.165, 1.54) is 5.56 Å². The molecule has 0 saturated carbocycles. The molecule has 0 bridgehead atoms. The summed E-state index contributed by atoms with van der Waals surface area (Å²) in [5.74, 6) is 0.794. The molecule has 1 aromatic rings. The molecule has 2 heterocycles. The molecule has 2 fully saturated rings. The quantitative estimate of drug-likeness (QED) is 0.404. The number of nitrogens with one attached hydrogen (secondary N) is 2. The molecular weight excluding hydrogens is 404 g/mol. The minimum Gasteiger partial charge on any atom is -0.396 e. The predicted octanol–water partition coefficient (Wildman–Crippen LogP) is 2.06. The first-order valence-corrected chi connectivity index (χ1v) is 11.3. The van der Waals surface area contributed by atoms with Gasteiger partial charge in [0.25, 0.3) is 0 Å². The van der Waals surface area contributed by atoms with Crippen LogP contribution in [0.3, 0.4) is 0 Å². The number of aliphatic hydroxyl groups excluding tert-OH is 1. The molecular formula is C22H35ClN4O3. The van der Waals surface area contributed by atoms with Gasteiger partial charge in [-0.05, 0) is 37.5 Å². The Kier molecular flexibility index (Phi) is 9.21. The smallest absolute Gasteiger partial charge is 0.191 e. The molecule has 0 spiro atoms. The van der Waals surface area contributed by atoms with Gasteiger partial charge in [-0.1, -0.05) is 23.7 Å². The Morgan fingerprint density at radius 2 is 2.10 bits per heavy atom. The van der Waals surface area contributed by atoms with Gasteiger partial charge in [0.2, 0.25) is 0 Å². The molecule has 2 atom stereocenters. The molecule has 8 heteroatoms. The number of morpholine rings is 1. The van der Waals surface area contributed by atoms with Crippen molar-refractivity contribution in [3.8, 4) is 0 Å². The summed E-state index contributed by atoms with van der Waals surface area (Å²) >= 11 is 6.28. The molecule has 3 rings (SSSR count). The molecule has 3 N–H and O–H groups in total. The molecule has 0 aromatic heterocycles. The van der Waals surface area contributed by atoms with E-state index in [0.29, 0.717) is 13.2 Å². The van der Waals surface area contributed by atoms with Gasteiger partial charge in [0.15, 0.2) is 5.96 Å². The second-order valence-corrected chi connectivity index (χ2v) is 8.51. The summed E-state index contributed by atoms with van der Waals surface area (Å²) in [6.07, 6.45) is 1.66. The third-order valence-electron chi connectivity index (χ3n) is 5.93. The van der Waals surface area contributed by atoms with Crippen LogP contribution in [-0.4, -0.2) is 81.7 Å². The number of halogens is 1. The number of rotatable bonds is 9. The Labute approximate surface area is 184 Å². The zero-order valence-electron chi connectivity index (χ0n) is 17.9. The van der Waals surface area contributed by atoms with E-state index < -0.39 is 0 Å². The molecule has 0 aliphatic carbocycles. The van der Waals surface area contributed by atoms with Crippen molar-refractivity contribution in [3.05, 3.63) is 34.9 Å². The zero-order valence-corrected chi connectivity index (χ0v) is 18.7. The van der Waals surface area contributed by atoms with Crippen molar-refractivity contribution >= 4 is 17.6 Å². The van der Waals surface area contributed by atoms with Gasteiger partial charge in [-0.15, -0.1) is 0 Å². The monoisotopic (exact) mass is 438 g/mol. The Bertz CT molecular complexity index is 676. The van der Waals surface area contributed by atoms with Gasteiger partial charge >= 0.3 is 0 Å². The van der Waals surface area contributed by atoms with E-state index in [4.69, 9.17) is 26.1 Å². The lowest BCUT2D eigenvalue weighted by atomic mass is 9.84. The van der Waals surface area contributed by atoms with E-state index >= 15 is 0 Å². The summed E-state index contributed by atoms with van der Waals surface area (Å²) in [4.78, 5) is 7.28. The molecule has 2 unspecified atom stereocenters. The number of ether oxygens (including phenoxy) is 2. The van der Waals surface area contributed by atoms with E-state index in [1.807, 2.05) is 18.2 Å². The number of benzene rings is 1. The van der Waals surface area contributed by atoms with Crippen molar-refractivity contribution < 1.29 is 14.6 Å². The van der Waals surface area contributed by atoms with Crippen LogP contribution in [0.15, 0.2) is 29.3 Å². The first-order chi connectivity index (χ1) is 14.7. The van der Waals surface area contributed by atoms with E-state index in [9.17, 15) is 5.11 Å². The van der Waals surface area contributed by atoms with Crippen LogP contribution in [0.25, 0.3) is 0 Å². The first-order valence-electron chi connectivity index (χ1n) is 10.9. The van der Waals surface area contributed by atoms with E-state index in [1.54, 1.807) is 0 Å². The summed E-state index contributed by atoms with van der Waals surface area (Å²) < 4.78 is 11.1. The van der Waals surface area contributed by atoms with E-state index in [0.717, 1.165) is 69.8 Å². The number of aliphatic hydroxyl groups is 1. The lowest BCUT2D eigenvalue weighted by Gasteiger charge is -2.35. The fourth-order valence-electron chi connectivity index (χ4n) is 4.13. The van der Waals surface area contributed by atoms with Crippen molar-refractivity contribution in [1.82, 2.24) is 15.5 Å². The fraction of sp³-hybridized carbons (Fsp3) is 0.682. The number of nitrogens with zero attached hydrogens (tertiary/aromatic N) is 2. The molecule has 2 saturated heterocycles. The van der Waals surface area contributed by atoms with E-state index in [2.05, 4.69) is 28.5 Å². The Hall–Kier alpha value is -1.38. The molecule has 7 nitrogen and oxygen atoms in total. The molecule has 2 aliphatic rings. The van der Waals surface area contributed by atoms with Crippen LogP contribution in [0.5, 0.6) is 0 Å². The summed E-state index contributed by atoms with van der Waals surface area (Å²) in [6.45, 7) is 9.05. The number of guanidine groups is 1. The fourth-order valence-corrected chi connectivity index (χ4v) is 4.33. The standard InChI is InChI=1S/C22H35ClN4O3/c1-2-24-21(26-16-22(6-10-28)7-11-30-17-22)25-15-20(27-8-12-29-13-9-27)18-4-3-5-19(23)14-18/h3-5,14,20,28H,2,6-13,15-17H2,1H3,(H2,24,25,26). The average molecular weight is 439 g/mol. The molecule has 2 aliphatic heterocycles. The molecule has 1 aromatic carbocycles. The SMILES string of the molecule is CCNC(=NCC1(CCO)CCOC1)NCC(c1cccc(Cl)c1)N1CCOCC1. The van der Waals surface area contributed by atoms with Crippen molar-refractivity contribution in [1.29, 1.82) is 0 Å². The van der Waals surface area contributed by atoms with Crippen LogP contribution in [0, 0.1) is 5.41 Å². The topological polar surface area (TPSA) is 78.4 Å². The van der Waals surface area contributed by atoms with Gasteiger partial charge in [-0.2, -0.15) is 0 Å². The Balaban J connectivity index is 1.70. The summed E-state index contributed by atoms with van der Waals surface area (Å²) in [6, 6.07) is 8.26. The lowest BCUT2D eigenvalue weighted by Crippen LogP contribution is -2.46. The summed E-state index contributed by atoms with van der Waals surface area (Å²) in [7, 11) is 0. The van der Waals surface area contributed by atoms with Crippen molar-refractivity contribution in [2.75, 3.05) is 65.8 Å².